The lowest BCUT2D eigenvalue weighted by atomic mass is 9.49. The highest BCUT2D eigenvalue weighted by molar-refractivity contribution is 6.51. The van der Waals surface area contributed by atoms with Crippen LogP contribution in [0.3, 0.4) is 0 Å². The molecule has 0 saturated carbocycles. The fourth-order valence-electron chi connectivity index (χ4n) is 3.28. The molecule has 1 aromatic rings. The summed E-state index contributed by atoms with van der Waals surface area (Å²) >= 11 is 0. The van der Waals surface area contributed by atoms with Crippen LogP contribution < -0.4 is 11.5 Å². The first kappa shape index (κ1) is 18.1. The van der Waals surface area contributed by atoms with E-state index < -0.39 is 41.3 Å². The minimum atomic E-state index is -1.21. The SMILES string of the molecule is CC1(C)OB(C2(c3ccc(F)cc3F)C=C(N)C=CC2N)OC1(C)C. The summed E-state index contributed by atoms with van der Waals surface area (Å²) in [4.78, 5) is 0. The maximum atomic E-state index is 14.7. The van der Waals surface area contributed by atoms with Crippen LogP contribution >= 0.6 is 0 Å². The Kier molecular flexibility index (Phi) is 4.10. The highest BCUT2D eigenvalue weighted by atomic mass is 19.1. The van der Waals surface area contributed by atoms with Gasteiger partial charge in [0, 0.05) is 17.8 Å². The number of nitrogens with two attached hydrogens (primary N) is 2. The molecule has 2 unspecified atom stereocenters. The smallest absolute Gasteiger partial charge is 0.402 e. The van der Waals surface area contributed by atoms with Gasteiger partial charge in [-0.25, -0.2) is 8.78 Å². The predicted octanol–water partition coefficient (Wildman–Crippen LogP) is 2.57. The van der Waals surface area contributed by atoms with Crippen molar-refractivity contribution >= 4 is 7.12 Å². The number of hydrogen-bond donors (Lipinski definition) is 2. The van der Waals surface area contributed by atoms with Gasteiger partial charge in [0.05, 0.1) is 16.5 Å². The molecule has 3 rings (SSSR count). The van der Waals surface area contributed by atoms with Crippen LogP contribution in [-0.4, -0.2) is 24.4 Å². The monoisotopic (exact) mass is 348 g/mol. The van der Waals surface area contributed by atoms with E-state index in [2.05, 4.69) is 0 Å². The van der Waals surface area contributed by atoms with Gasteiger partial charge in [0.1, 0.15) is 11.6 Å². The Labute approximate surface area is 147 Å². The Morgan fingerprint density at radius 3 is 2.24 bits per heavy atom. The van der Waals surface area contributed by atoms with E-state index in [9.17, 15) is 8.78 Å². The molecule has 1 aromatic carbocycles. The van der Waals surface area contributed by atoms with Gasteiger partial charge in [0.15, 0.2) is 0 Å². The zero-order valence-corrected chi connectivity index (χ0v) is 14.8. The van der Waals surface area contributed by atoms with Gasteiger partial charge in [0.25, 0.3) is 0 Å². The molecule has 4 N–H and O–H groups in total. The van der Waals surface area contributed by atoms with Crippen molar-refractivity contribution in [3.8, 4) is 0 Å². The molecule has 0 radical (unpaired) electrons. The standard InChI is InChI=1S/C18H23BF2N2O2/c1-16(2)17(3,4)25-19(24-16)18(10-12(22)6-8-15(18)23)13-7-5-11(20)9-14(13)21/h5-10,15H,22-23H2,1-4H3. The number of hydrogen-bond acceptors (Lipinski definition) is 4. The Balaban J connectivity index is 2.20. The van der Waals surface area contributed by atoms with Crippen molar-refractivity contribution in [1.82, 2.24) is 0 Å². The topological polar surface area (TPSA) is 70.5 Å². The molecular weight excluding hydrogens is 325 g/mol. The molecule has 1 aliphatic carbocycles. The summed E-state index contributed by atoms with van der Waals surface area (Å²) in [6, 6.07) is 2.74. The lowest BCUT2D eigenvalue weighted by Gasteiger charge is -2.39. The van der Waals surface area contributed by atoms with Crippen LogP contribution in [0.4, 0.5) is 8.78 Å². The van der Waals surface area contributed by atoms with Crippen molar-refractivity contribution in [3.05, 3.63) is 59.3 Å². The van der Waals surface area contributed by atoms with Crippen molar-refractivity contribution in [2.45, 2.75) is 50.3 Å². The summed E-state index contributed by atoms with van der Waals surface area (Å²) in [5.41, 5.74) is 11.7. The second-order valence-corrected chi connectivity index (χ2v) is 7.67. The van der Waals surface area contributed by atoms with Crippen molar-refractivity contribution in [2.75, 3.05) is 0 Å². The highest BCUT2D eigenvalue weighted by Crippen LogP contribution is 2.46. The quantitative estimate of drug-likeness (QED) is 0.806. The van der Waals surface area contributed by atoms with Crippen molar-refractivity contribution in [3.63, 3.8) is 0 Å². The molecule has 1 aliphatic heterocycles. The van der Waals surface area contributed by atoms with E-state index in [1.54, 1.807) is 18.2 Å². The number of benzene rings is 1. The molecule has 0 bridgehead atoms. The van der Waals surface area contributed by atoms with Crippen LogP contribution in [-0.2, 0) is 14.6 Å². The fourth-order valence-corrected chi connectivity index (χ4v) is 3.28. The number of halogens is 2. The van der Waals surface area contributed by atoms with Gasteiger partial charge in [-0.3, -0.25) is 0 Å². The second-order valence-electron chi connectivity index (χ2n) is 7.67. The summed E-state index contributed by atoms with van der Waals surface area (Å²) in [6.07, 6.45) is 4.99. The maximum absolute atomic E-state index is 14.7. The average molecular weight is 348 g/mol. The molecule has 4 nitrogen and oxygen atoms in total. The summed E-state index contributed by atoms with van der Waals surface area (Å²) in [7, 11) is -0.879. The molecule has 1 fully saturated rings. The van der Waals surface area contributed by atoms with Crippen LogP contribution in [0.15, 0.2) is 42.1 Å². The fraction of sp³-hybridized carbons (Fsp3) is 0.444. The van der Waals surface area contributed by atoms with Crippen LogP contribution in [0.1, 0.15) is 33.3 Å². The molecule has 1 heterocycles. The largest absolute Gasteiger partial charge is 0.475 e. The average Bonchev–Trinajstić information content (AvgIpc) is 2.70. The first-order valence-electron chi connectivity index (χ1n) is 8.23. The lowest BCUT2D eigenvalue weighted by molar-refractivity contribution is 0.00578. The van der Waals surface area contributed by atoms with Crippen LogP contribution in [0.2, 0.25) is 0 Å². The summed E-state index contributed by atoms with van der Waals surface area (Å²) in [5.74, 6) is -1.38. The maximum Gasteiger partial charge on any atom is 0.475 e. The van der Waals surface area contributed by atoms with Gasteiger partial charge in [-0.05, 0) is 45.4 Å². The molecule has 7 heteroatoms. The molecule has 2 aliphatic rings. The summed E-state index contributed by atoms with van der Waals surface area (Å²) in [5, 5.41) is -1.21. The normalized spacial score (nSPS) is 30.4. The number of allylic oxidation sites excluding steroid dienone is 1. The van der Waals surface area contributed by atoms with E-state index in [1.807, 2.05) is 27.7 Å². The van der Waals surface area contributed by atoms with Crippen LogP contribution in [0, 0.1) is 11.6 Å². The second kappa shape index (κ2) is 5.66. The molecule has 25 heavy (non-hydrogen) atoms. The third-order valence-electron chi connectivity index (χ3n) is 5.49. The highest BCUT2D eigenvalue weighted by Gasteiger charge is 2.62. The van der Waals surface area contributed by atoms with E-state index in [0.717, 1.165) is 6.07 Å². The minimum absolute atomic E-state index is 0.187. The Hall–Kier alpha value is -1.70. The summed E-state index contributed by atoms with van der Waals surface area (Å²) < 4.78 is 40.5. The van der Waals surface area contributed by atoms with Crippen molar-refractivity contribution in [1.29, 1.82) is 0 Å². The minimum Gasteiger partial charge on any atom is -0.402 e. The Morgan fingerprint density at radius 2 is 1.68 bits per heavy atom. The van der Waals surface area contributed by atoms with Gasteiger partial charge < -0.3 is 20.8 Å². The van der Waals surface area contributed by atoms with E-state index >= 15 is 0 Å². The van der Waals surface area contributed by atoms with Gasteiger partial charge in [0.2, 0.25) is 0 Å². The zero-order valence-electron chi connectivity index (χ0n) is 14.8. The first-order valence-corrected chi connectivity index (χ1v) is 8.23. The van der Waals surface area contributed by atoms with E-state index in [0.29, 0.717) is 5.70 Å². The van der Waals surface area contributed by atoms with Gasteiger partial charge in [-0.15, -0.1) is 0 Å². The van der Waals surface area contributed by atoms with Crippen LogP contribution in [0.25, 0.3) is 0 Å². The van der Waals surface area contributed by atoms with Gasteiger partial charge in [-0.1, -0.05) is 18.2 Å². The first-order chi connectivity index (χ1) is 11.5. The van der Waals surface area contributed by atoms with Gasteiger partial charge >= 0.3 is 7.12 Å². The zero-order chi connectivity index (χ0) is 18.6. The van der Waals surface area contributed by atoms with E-state index in [1.165, 1.54) is 12.1 Å². The predicted molar refractivity (Wildman–Crippen MR) is 93.5 cm³/mol. The van der Waals surface area contributed by atoms with E-state index in [4.69, 9.17) is 20.8 Å². The lowest BCUT2D eigenvalue weighted by Crippen LogP contribution is -2.57. The molecule has 0 amide bonds. The van der Waals surface area contributed by atoms with Crippen LogP contribution in [0.5, 0.6) is 0 Å². The van der Waals surface area contributed by atoms with Crippen molar-refractivity contribution < 1.29 is 18.1 Å². The number of rotatable bonds is 2. The third-order valence-corrected chi connectivity index (χ3v) is 5.49. The summed E-state index contributed by atoms with van der Waals surface area (Å²) in [6.45, 7) is 7.61. The van der Waals surface area contributed by atoms with Gasteiger partial charge in [-0.2, -0.15) is 0 Å². The molecule has 134 valence electrons. The van der Waals surface area contributed by atoms with Crippen molar-refractivity contribution in [2.24, 2.45) is 11.5 Å². The van der Waals surface area contributed by atoms with E-state index in [-0.39, 0.29) is 5.56 Å². The molecule has 1 saturated heterocycles. The third kappa shape index (κ3) is 2.71. The molecule has 0 spiro atoms. The Bertz CT molecular complexity index is 747. The molecule has 2 atom stereocenters. The molecule has 0 aromatic heterocycles. The molecular formula is C18H23BF2N2O2. The Morgan fingerprint density at radius 1 is 1.08 bits per heavy atom.